The Morgan fingerprint density at radius 1 is 1.48 bits per heavy atom. The summed E-state index contributed by atoms with van der Waals surface area (Å²) in [5.74, 6) is 0.0363. The number of likely N-dealkylation sites (tertiary alicyclic amines) is 1. The average Bonchev–Trinajstić information content (AvgIpc) is 2.94. The molecule has 21 heavy (non-hydrogen) atoms. The molecule has 2 heterocycles. The molecule has 118 valence electrons. The standard InChI is InChI=1S/C11H16F3N5OS/c1-7-17-18-10(21-7)16-9(20)15-4-8-2-3-19(5-8)6-11(12,13)14/h8H,2-6H2,1H3,(H2,15,16,18,20). The summed E-state index contributed by atoms with van der Waals surface area (Å²) >= 11 is 1.25. The summed E-state index contributed by atoms with van der Waals surface area (Å²) in [4.78, 5) is 13.0. The maximum absolute atomic E-state index is 12.3. The summed E-state index contributed by atoms with van der Waals surface area (Å²) in [5.41, 5.74) is 0. The highest BCUT2D eigenvalue weighted by Crippen LogP contribution is 2.22. The molecule has 2 amide bonds. The number of alkyl halides is 3. The van der Waals surface area contributed by atoms with Gasteiger partial charge in [0.2, 0.25) is 5.13 Å². The van der Waals surface area contributed by atoms with Crippen LogP contribution in [0.1, 0.15) is 11.4 Å². The molecule has 0 bridgehead atoms. The molecule has 6 nitrogen and oxygen atoms in total. The largest absolute Gasteiger partial charge is 0.401 e. The van der Waals surface area contributed by atoms with E-state index in [4.69, 9.17) is 0 Å². The Morgan fingerprint density at radius 3 is 2.86 bits per heavy atom. The topological polar surface area (TPSA) is 70.1 Å². The minimum atomic E-state index is -4.17. The van der Waals surface area contributed by atoms with Crippen LogP contribution in [0.2, 0.25) is 0 Å². The van der Waals surface area contributed by atoms with Gasteiger partial charge in [0.05, 0.1) is 6.54 Å². The van der Waals surface area contributed by atoms with Gasteiger partial charge < -0.3 is 5.32 Å². The number of carbonyl (C=O) groups excluding carboxylic acids is 1. The molecule has 1 aliphatic heterocycles. The first kappa shape index (κ1) is 16.0. The van der Waals surface area contributed by atoms with Crippen LogP contribution in [-0.2, 0) is 0 Å². The maximum atomic E-state index is 12.3. The normalized spacial score (nSPS) is 19.7. The second-order valence-corrected chi connectivity index (χ2v) is 6.15. The zero-order chi connectivity index (χ0) is 15.5. The molecule has 10 heteroatoms. The van der Waals surface area contributed by atoms with Gasteiger partial charge in [-0.3, -0.25) is 10.2 Å². The van der Waals surface area contributed by atoms with Crippen LogP contribution in [0.5, 0.6) is 0 Å². The number of aryl methyl sites for hydroxylation is 1. The molecule has 1 aromatic heterocycles. The lowest BCUT2D eigenvalue weighted by molar-refractivity contribution is -0.143. The fraction of sp³-hybridized carbons (Fsp3) is 0.727. The Kier molecular flexibility index (Phi) is 4.99. The van der Waals surface area contributed by atoms with E-state index in [-0.39, 0.29) is 5.92 Å². The van der Waals surface area contributed by atoms with Crippen LogP contribution >= 0.6 is 11.3 Å². The fourth-order valence-electron chi connectivity index (χ4n) is 2.20. The van der Waals surface area contributed by atoms with E-state index in [1.54, 1.807) is 6.92 Å². The Labute approximate surface area is 123 Å². The zero-order valence-corrected chi connectivity index (χ0v) is 12.2. The van der Waals surface area contributed by atoms with Gasteiger partial charge in [-0.2, -0.15) is 13.2 Å². The van der Waals surface area contributed by atoms with Crippen molar-refractivity contribution in [3.8, 4) is 0 Å². The van der Waals surface area contributed by atoms with E-state index < -0.39 is 18.8 Å². The minimum Gasteiger partial charge on any atom is -0.337 e. The molecular formula is C11H16F3N5OS. The lowest BCUT2D eigenvalue weighted by Crippen LogP contribution is -2.36. The zero-order valence-electron chi connectivity index (χ0n) is 11.4. The Morgan fingerprint density at radius 2 is 2.24 bits per heavy atom. The number of amides is 2. The van der Waals surface area contributed by atoms with Crippen molar-refractivity contribution in [2.45, 2.75) is 19.5 Å². The first-order valence-corrected chi connectivity index (χ1v) is 7.27. The average molecular weight is 323 g/mol. The van der Waals surface area contributed by atoms with E-state index in [1.165, 1.54) is 16.2 Å². The van der Waals surface area contributed by atoms with Gasteiger partial charge >= 0.3 is 12.2 Å². The highest BCUT2D eigenvalue weighted by molar-refractivity contribution is 7.15. The van der Waals surface area contributed by atoms with Gasteiger partial charge in [0.1, 0.15) is 5.01 Å². The Balaban J connectivity index is 1.68. The number of carbonyl (C=O) groups is 1. The van der Waals surface area contributed by atoms with Crippen molar-refractivity contribution in [2.75, 3.05) is 31.5 Å². The molecule has 0 spiro atoms. The summed E-state index contributed by atoms with van der Waals surface area (Å²) in [5, 5.41) is 13.8. The quantitative estimate of drug-likeness (QED) is 0.887. The molecule has 2 N–H and O–H groups in total. The van der Waals surface area contributed by atoms with Gasteiger partial charge in [-0.05, 0) is 25.8 Å². The first-order chi connectivity index (χ1) is 9.82. The molecule has 1 unspecified atom stereocenters. The number of rotatable bonds is 4. The second-order valence-electron chi connectivity index (χ2n) is 4.97. The van der Waals surface area contributed by atoms with Gasteiger partial charge in [-0.1, -0.05) is 11.3 Å². The summed E-state index contributed by atoms with van der Waals surface area (Å²) in [6.45, 7) is 1.98. The molecule has 1 aromatic rings. The van der Waals surface area contributed by atoms with Crippen LogP contribution in [0.3, 0.4) is 0 Å². The molecule has 1 fully saturated rings. The van der Waals surface area contributed by atoms with Gasteiger partial charge in [0.25, 0.3) is 0 Å². The third kappa shape index (κ3) is 5.46. The SMILES string of the molecule is Cc1nnc(NC(=O)NCC2CCN(CC(F)(F)F)C2)s1. The van der Waals surface area contributed by atoms with Crippen molar-refractivity contribution in [2.24, 2.45) is 5.92 Å². The molecule has 1 saturated heterocycles. The van der Waals surface area contributed by atoms with Crippen LogP contribution in [-0.4, -0.2) is 53.5 Å². The number of nitrogens with one attached hydrogen (secondary N) is 2. The predicted octanol–water partition coefficient (Wildman–Crippen LogP) is 1.85. The summed E-state index contributed by atoms with van der Waals surface area (Å²) in [7, 11) is 0. The van der Waals surface area contributed by atoms with Crippen molar-refractivity contribution in [1.29, 1.82) is 0 Å². The van der Waals surface area contributed by atoms with Gasteiger partial charge in [0, 0.05) is 13.1 Å². The van der Waals surface area contributed by atoms with Gasteiger partial charge in [-0.25, -0.2) is 4.79 Å². The van der Waals surface area contributed by atoms with Crippen molar-refractivity contribution >= 4 is 22.5 Å². The van der Waals surface area contributed by atoms with Gasteiger partial charge in [0.15, 0.2) is 0 Å². The molecule has 0 saturated carbocycles. The van der Waals surface area contributed by atoms with Crippen LogP contribution in [0.15, 0.2) is 0 Å². The summed E-state index contributed by atoms with van der Waals surface area (Å²) in [6.07, 6.45) is -3.52. The van der Waals surface area contributed by atoms with E-state index in [9.17, 15) is 18.0 Å². The molecule has 2 rings (SSSR count). The third-order valence-electron chi connectivity index (χ3n) is 3.07. The Bertz CT molecular complexity index is 492. The van der Waals surface area contributed by atoms with E-state index in [2.05, 4.69) is 20.8 Å². The number of halogens is 3. The van der Waals surface area contributed by atoms with E-state index in [1.807, 2.05) is 0 Å². The van der Waals surface area contributed by atoms with Crippen molar-refractivity contribution in [1.82, 2.24) is 20.4 Å². The lowest BCUT2D eigenvalue weighted by atomic mass is 10.1. The number of anilines is 1. The number of aromatic nitrogens is 2. The van der Waals surface area contributed by atoms with Crippen LogP contribution in [0.25, 0.3) is 0 Å². The first-order valence-electron chi connectivity index (χ1n) is 6.46. The molecule has 0 radical (unpaired) electrons. The molecule has 0 aliphatic carbocycles. The van der Waals surface area contributed by atoms with Crippen molar-refractivity contribution in [3.63, 3.8) is 0 Å². The fourth-order valence-corrected chi connectivity index (χ4v) is 2.79. The summed E-state index contributed by atoms with van der Waals surface area (Å²) in [6, 6.07) is -0.416. The van der Waals surface area contributed by atoms with E-state index in [0.29, 0.717) is 31.2 Å². The van der Waals surface area contributed by atoms with Crippen LogP contribution < -0.4 is 10.6 Å². The third-order valence-corrected chi connectivity index (χ3v) is 3.82. The minimum absolute atomic E-state index is 0.0363. The number of hydrogen-bond acceptors (Lipinski definition) is 5. The van der Waals surface area contributed by atoms with E-state index >= 15 is 0 Å². The predicted molar refractivity (Wildman–Crippen MR) is 72.3 cm³/mol. The molecule has 1 atom stereocenters. The highest BCUT2D eigenvalue weighted by Gasteiger charge is 2.34. The van der Waals surface area contributed by atoms with Crippen LogP contribution in [0, 0.1) is 12.8 Å². The molecular weight excluding hydrogens is 307 g/mol. The van der Waals surface area contributed by atoms with Crippen molar-refractivity contribution in [3.05, 3.63) is 5.01 Å². The molecule has 1 aliphatic rings. The second kappa shape index (κ2) is 6.56. The van der Waals surface area contributed by atoms with Crippen LogP contribution in [0.4, 0.5) is 23.1 Å². The smallest absolute Gasteiger partial charge is 0.337 e. The summed E-state index contributed by atoms with van der Waals surface area (Å²) < 4.78 is 36.8. The number of hydrogen-bond donors (Lipinski definition) is 2. The van der Waals surface area contributed by atoms with E-state index in [0.717, 1.165) is 5.01 Å². The van der Waals surface area contributed by atoms with Gasteiger partial charge in [-0.15, -0.1) is 10.2 Å². The molecule has 0 aromatic carbocycles. The maximum Gasteiger partial charge on any atom is 0.401 e. The Hall–Kier alpha value is -1.42. The lowest BCUT2D eigenvalue weighted by Gasteiger charge is -2.17. The van der Waals surface area contributed by atoms with Crippen molar-refractivity contribution < 1.29 is 18.0 Å². The highest BCUT2D eigenvalue weighted by atomic mass is 32.1. The monoisotopic (exact) mass is 323 g/mol. The number of urea groups is 1. The number of nitrogens with zero attached hydrogens (tertiary/aromatic N) is 3.